The number of carboxylic acids is 1. The van der Waals surface area contributed by atoms with E-state index in [0.29, 0.717) is 16.7 Å². The molecule has 1 aliphatic heterocycles. The monoisotopic (exact) mass is 295 g/mol. The SMILES string of the molecule is CN1CCCCC1CCS(=O)c1cccc(C(=O)O)c1. The van der Waals surface area contributed by atoms with Crippen LogP contribution < -0.4 is 0 Å². The first-order valence-corrected chi connectivity index (χ1v) is 8.32. The van der Waals surface area contributed by atoms with Crippen molar-refractivity contribution >= 4 is 16.8 Å². The summed E-state index contributed by atoms with van der Waals surface area (Å²) in [7, 11) is 1.01. The quantitative estimate of drug-likeness (QED) is 0.906. The number of rotatable bonds is 5. The third kappa shape index (κ3) is 3.90. The van der Waals surface area contributed by atoms with Crippen molar-refractivity contribution in [2.45, 2.75) is 36.6 Å². The molecule has 1 aromatic rings. The molecule has 0 aliphatic carbocycles. The standard InChI is InChI=1S/C15H21NO3S/c1-16-9-3-2-6-13(16)8-10-20(19)14-7-4-5-12(11-14)15(17)18/h4-5,7,11,13H,2-3,6,8-10H2,1H3,(H,17,18). The first-order valence-electron chi connectivity index (χ1n) is 7.00. The summed E-state index contributed by atoms with van der Waals surface area (Å²) in [5.41, 5.74) is 0.200. The van der Waals surface area contributed by atoms with Crippen LogP contribution in [0.15, 0.2) is 29.2 Å². The third-order valence-electron chi connectivity index (χ3n) is 3.90. The maximum Gasteiger partial charge on any atom is 0.335 e. The van der Waals surface area contributed by atoms with Crippen molar-refractivity contribution in [2.24, 2.45) is 0 Å². The van der Waals surface area contributed by atoms with Crippen molar-refractivity contribution in [1.82, 2.24) is 4.90 Å². The number of aromatic carboxylic acids is 1. The van der Waals surface area contributed by atoms with Crippen LogP contribution in [-0.2, 0) is 10.8 Å². The highest BCUT2D eigenvalue weighted by atomic mass is 32.2. The molecule has 0 amide bonds. The molecule has 2 atom stereocenters. The average molecular weight is 295 g/mol. The van der Waals surface area contributed by atoms with Crippen molar-refractivity contribution in [1.29, 1.82) is 0 Å². The van der Waals surface area contributed by atoms with Gasteiger partial charge in [-0.05, 0) is 51.1 Å². The second-order valence-corrected chi connectivity index (χ2v) is 6.87. The van der Waals surface area contributed by atoms with Crippen molar-refractivity contribution < 1.29 is 14.1 Å². The zero-order valence-electron chi connectivity index (χ0n) is 11.7. The number of hydrogen-bond donors (Lipinski definition) is 1. The van der Waals surface area contributed by atoms with Gasteiger partial charge in [-0.3, -0.25) is 4.21 Å². The first-order chi connectivity index (χ1) is 9.58. The molecule has 0 radical (unpaired) electrons. The van der Waals surface area contributed by atoms with Gasteiger partial charge in [-0.1, -0.05) is 12.5 Å². The van der Waals surface area contributed by atoms with E-state index in [2.05, 4.69) is 11.9 Å². The summed E-state index contributed by atoms with van der Waals surface area (Å²) in [6.07, 6.45) is 4.57. The van der Waals surface area contributed by atoms with Gasteiger partial charge in [0, 0.05) is 16.7 Å². The van der Waals surface area contributed by atoms with Crippen LogP contribution in [0.4, 0.5) is 0 Å². The summed E-state index contributed by atoms with van der Waals surface area (Å²) < 4.78 is 12.3. The third-order valence-corrected chi connectivity index (χ3v) is 5.29. The minimum Gasteiger partial charge on any atom is -0.478 e. The van der Waals surface area contributed by atoms with Crippen LogP contribution in [0.1, 0.15) is 36.0 Å². The highest BCUT2D eigenvalue weighted by molar-refractivity contribution is 7.85. The van der Waals surface area contributed by atoms with E-state index in [9.17, 15) is 9.00 Å². The highest BCUT2D eigenvalue weighted by Crippen LogP contribution is 2.19. The highest BCUT2D eigenvalue weighted by Gasteiger charge is 2.19. The van der Waals surface area contributed by atoms with Crippen LogP contribution in [0.25, 0.3) is 0 Å². The van der Waals surface area contributed by atoms with Gasteiger partial charge in [0.2, 0.25) is 0 Å². The first kappa shape index (κ1) is 15.2. The summed E-state index contributed by atoms with van der Waals surface area (Å²) in [5, 5.41) is 8.95. The summed E-state index contributed by atoms with van der Waals surface area (Å²) in [6, 6.07) is 6.95. The largest absolute Gasteiger partial charge is 0.478 e. The number of benzene rings is 1. The second-order valence-electron chi connectivity index (χ2n) is 5.30. The molecule has 1 heterocycles. The molecular formula is C15H21NO3S. The van der Waals surface area contributed by atoms with E-state index in [4.69, 9.17) is 5.11 Å². The van der Waals surface area contributed by atoms with Crippen LogP contribution in [0.5, 0.6) is 0 Å². The molecule has 0 saturated carbocycles. The van der Waals surface area contributed by atoms with Gasteiger partial charge in [0.05, 0.1) is 16.4 Å². The minimum absolute atomic E-state index is 0.200. The lowest BCUT2D eigenvalue weighted by atomic mass is 10.0. The fourth-order valence-corrected chi connectivity index (χ4v) is 3.85. The van der Waals surface area contributed by atoms with Crippen molar-refractivity contribution in [3.8, 4) is 0 Å². The molecule has 2 unspecified atom stereocenters. The van der Waals surface area contributed by atoms with E-state index in [1.807, 2.05) is 0 Å². The maximum absolute atomic E-state index is 12.3. The lowest BCUT2D eigenvalue weighted by Gasteiger charge is -2.32. The molecule has 0 spiro atoms. The van der Waals surface area contributed by atoms with Gasteiger partial charge >= 0.3 is 5.97 Å². The number of likely N-dealkylation sites (tertiary alicyclic amines) is 1. The Hall–Kier alpha value is -1.20. The molecule has 1 N–H and O–H groups in total. The Morgan fingerprint density at radius 3 is 2.95 bits per heavy atom. The molecule has 20 heavy (non-hydrogen) atoms. The number of carboxylic acid groups (broad SMARTS) is 1. The van der Waals surface area contributed by atoms with Crippen molar-refractivity contribution in [2.75, 3.05) is 19.3 Å². The molecule has 5 heteroatoms. The summed E-state index contributed by atoms with van der Waals surface area (Å²) in [6.45, 7) is 1.12. The van der Waals surface area contributed by atoms with E-state index in [1.54, 1.807) is 12.1 Å². The van der Waals surface area contributed by atoms with Crippen LogP contribution >= 0.6 is 0 Å². The molecule has 2 rings (SSSR count). The maximum atomic E-state index is 12.3. The van der Waals surface area contributed by atoms with Crippen LogP contribution in [0.2, 0.25) is 0 Å². The van der Waals surface area contributed by atoms with Crippen LogP contribution in [-0.4, -0.2) is 45.6 Å². The number of carbonyl (C=O) groups is 1. The van der Waals surface area contributed by atoms with Gasteiger partial charge in [0.15, 0.2) is 0 Å². The smallest absolute Gasteiger partial charge is 0.335 e. The van der Waals surface area contributed by atoms with Gasteiger partial charge < -0.3 is 10.0 Å². The Morgan fingerprint density at radius 1 is 1.45 bits per heavy atom. The van der Waals surface area contributed by atoms with Crippen molar-refractivity contribution in [3.63, 3.8) is 0 Å². The second kappa shape index (κ2) is 6.99. The average Bonchev–Trinajstić information content (AvgIpc) is 2.46. The molecule has 0 bridgehead atoms. The normalized spacial score (nSPS) is 21.6. The van der Waals surface area contributed by atoms with E-state index < -0.39 is 16.8 Å². The summed E-state index contributed by atoms with van der Waals surface area (Å²) in [4.78, 5) is 13.9. The Morgan fingerprint density at radius 2 is 2.25 bits per heavy atom. The fourth-order valence-electron chi connectivity index (χ4n) is 2.64. The van der Waals surface area contributed by atoms with Gasteiger partial charge in [0.25, 0.3) is 0 Å². The molecule has 1 fully saturated rings. The minimum atomic E-state index is -1.12. The molecule has 110 valence electrons. The molecule has 1 aliphatic rings. The van der Waals surface area contributed by atoms with Crippen LogP contribution in [0.3, 0.4) is 0 Å². The van der Waals surface area contributed by atoms with E-state index in [1.165, 1.54) is 31.4 Å². The van der Waals surface area contributed by atoms with E-state index in [0.717, 1.165) is 13.0 Å². The zero-order chi connectivity index (χ0) is 14.5. The Labute approximate surface area is 122 Å². The predicted molar refractivity (Wildman–Crippen MR) is 79.6 cm³/mol. The van der Waals surface area contributed by atoms with Gasteiger partial charge in [0.1, 0.15) is 0 Å². The molecule has 4 nitrogen and oxygen atoms in total. The lowest BCUT2D eigenvalue weighted by Crippen LogP contribution is -2.37. The number of hydrogen-bond acceptors (Lipinski definition) is 3. The molecule has 1 aromatic carbocycles. The lowest BCUT2D eigenvalue weighted by molar-refractivity contribution is 0.0696. The van der Waals surface area contributed by atoms with Crippen LogP contribution in [0, 0.1) is 0 Å². The molecule has 0 aromatic heterocycles. The zero-order valence-corrected chi connectivity index (χ0v) is 12.6. The topological polar surface area (TPSA) is 57.6 Å². The molecule has 1 saturated heterocycles. The number of nitrogens with zero attached hydrogens (tertiary/aromatic N) is 1. The Kier molecular flexibility index (Phi) is 5.31. The van der Waals surface area contributed by atoms with Gasteiger partial charge in [-0.25, -0.2) is 4.79 Å². The van der Waals surface area contributed by atoms with Crippen molar-refractivity contribution in [3.05, 3.63) is 29.8 Å². The summed E-state index contributed by atoms with van der Waals surface area (Å²) >= 11 is 0. The Balaban J connectivity index is 1.94. The van der Waals surface area contributed by atoms with E-state index >= 15 is 0 Å². The predicted octanol–water partition coefficient (Wildman–Crippen LogP) is 2.37. The van der Waals surface area contributed by atoms with Gasteiger partial charge in [-0.2, -0.15) is 0 Å². The van der Waals surface area contributed by atoms with E-state index in [-0.39, 0.29) is 5.56 Å². The fraction of sp³-hybridized carbons (Fsp3) is 0.533. The van der Waals surface area contributed by atoms with Gasteiger partial charge in [-0.15, -0.1) is 0 Å². The number of piperidine rings is 1. The summed E-state index contributed by atoms with van der Waals surface area (Å²) in [5.74, 6) is -0.381. The molecular weight excluding hydrogens is 274 g/mol. The Bertz CT molecular complexity index is 504.